The Bertz CT molecular complexity index is 1390. The van der Waals surface area contributed by atoms with Gasteiger partial charge >= 0.3 is 18.2 Å². The van der Waals surface area contributed by atoms with E-state index in [1.165, 1.54) is 30.0 Å². The van der Waals surface area contributed by atoms with E-state index in [1.54, 1.807) is 37.3 Å². The number of aromatic nitrogens is 1. The molecular weight excluding hydrogens is 501 g/mol. The maximum atomic E-state index is 13.0. The van der Waals surface area contributed by atoms with Gasteiger partial charge in [0.25, 0.3) is 0 Å². The number of nitrogens with zero attached hydrogens (tertiary/aromatic N) is 2. The molecule has 1 aliphatic rings. The molecule has 1 saturated heterocycles. The molecule has 2 heterocycles. The number of carbonyl (C=O) groups is 3. The van der Waals surface area contributed by atoms with Crippen LogP contribution >= 0.6 is 0 Å². The summed E-state index contributed by atoms with van der Waals surface area (Å²) in [4.78, 5) is 42.4. The van der Waals surface area contributed by atoms with Gasteiger partial charge in [-0.2, -0.15) is 13.2 Å². The van der Waals surface area contributed by atoms with Gasteiger partial charge < -0.3 is 20.6 Å². The zero-order chi connectivity index (χ0) is 27.6. The molecule has 1 atom stereocenters. The second-order valence-corrected chi connectivity index (χ2v) is 9.01. The van der Waals surface area contributed by atoms with Gasteiger partial charge in [-0.25, -0.2) is 14.6 Å². The average molecular weight is 527 g/mol. The first kappa shape index (κ1) is 26.6. The fraction of sp³-hybridized carbons (Fsp3) is 0.259. The fourth-order valence-electron chi connectivity index (χ4n) is 4.48. The Hall–Kier alpha value is -4.41. The van der Waals surface area contributed by atoms with Gasteiger partial charge in [0.15, 0.2) is 0 Å². The third kappa shape index (κ3) is 5.77. The van der Waals surface area contributed by atoms with Crippen molar-refractivity contribution >= 4 is 29.3 Å². The minimum Gasteiger partial charge on any atom is -0.477 e. The van der Waals surface area contributed by atoms with E-state index in [2.05, 4.69) is 15.6 Å². The zero-order valence-electron chi connectivity index (χ0n) is 20.6. The summed E-state index contributed by atoms with van der Waals surface area (Å²) in [6.45, 7) is 3.36. The number of nitrogens with one attached hydrogen (secondary N) is 2. The van der Waals surface area contributed by atoms with Crippen LogP contribution in [0.15, 0.2) is 54.6 Å². The van der Waals surface area contributed by atoms with E-state index >= 15 is 0 Å². The van der Waals surface area contributed by atoms with Crippen LogP contribution in [0, 0.1) is 13.8 Å². The Balaban J connectivity index is 1.41. The van der Waals surface area contributed by atoms with Crippen LogP contribution in [0.4, 0.5) is 29.3 Å². The van der Waals surface area contributed by atoms with Gasteiger partial charge in [-0.1, -0.05) is 18.2 Å². The molecule has 11 heteroatoms. The minimum absolute atomic E-state index is 0.0155. The molecule has 3 amide bonds. The Labute approximate surface area is 216 Å². The standard InChI is InChI=1S/C27H25F3N4O4/c1-15-14-19(9-11-21(15)27(28,29)30)33-26(38)34-13-3-4-23(34)24(35)32-18-7-5-17(6-8-18)20-10-12-22(25(36)37)31-16(20)2/h5-12,14,23H,3-4,13H2,1-2H3,(H,32,35)(H,33,38)(H,36,37). The van der Waals surface area contributed by atoms with E-state index in [0.29, 0.717) is 30.8 Å². The molecule has 3 N–H and O–H groups in total. The second-order valence-electron chi connectivity index (χ2n) is 9.01. The summed E-state index contributed by atoms with van der Waals surface area (Å²) in [5, 5.41) is 14.5. The van der Waals surface area contributed by atoms with Crippen LogP contribution in [0.5, 0.6) is 0 Å². The normalized spacial score (nSPS) is 15.3. The van der Waals surface area contributed by atoms with Crippen molar-refractivity contribution in [2.24, 2.45) is 0 Å². The van der Waals surface area contributed by atoms with Crippen LogP contribution in [0.2, 0.25) is 0 Å². The topological polar surface area (TPSA) is 112 Å². The third-order valence-corrected chi connectivity index (χ3v) is 6.37. The lowest BCUT2D eigenvalue weighted by atomic mass is 10.0. The fourth-order valence-corrected chi connectivity index (χ4v) is 4.48. The van der Waals surface area contributed by atoms with E-state index in [-0.39, 0.29) is 22.9 Å². The number of likely N-dealkylation sites (tertiary alicyclic amines) is 1. The lowest BCUT2D eigenvalue weighted by Crippen LogP contribution is -2.45. The van der Waals surface area contributed by atoms with Crippen molar-refractivity contribution in [2.75, 3.05) is 17.2 Å². The molecule has 0 aliphatic carbocycles. The van der Waals surface area contributed by atoms with Gasteiger partial charge in [-0.15, -0.1) is 0 Å². The maximum Gasteiger partial charge on any atom is 0.416 e. The number of anilines is 2. The number of alkyl halides is 3. The summed E-state index contributed by atoms with van der Waals surface area (Å²) in [5.74, 6) is -1.49. The van der Waals surface area contributed by atoms with Gasteiger partial charge in [-0.3, -0.25) is 4.79 Å². The van der Waals surface area contributed by atoms with E-state index in [1.807, 2.05) is 0 Å². The van der Waals surface area contributed by atoms with Crippen molar-refractivity contribution in [2.45, 2.75) is 38.9 Å². The van der Waals surface area contributed by atoms with E-state index in [0.717, 1.165) is 17.2 Å². The number of hydrogen-bond donors (Lipinski definition) is 3. The number of pyridine rings is 1. The van der Waals surface area contributed by atoms with Gasteiger partial charge in [0.05, 0.1) is 5.56 Å². The summed E-state index contributed by atoms with van der Waals surface area (Å²) >= 11 is 0. The summed E-state index contributed by atoms with van der Waals surface area (Å²) in [5.41, 5.74) is 1.98. The minimum atomic E-state index is -4.48. The van der Waals surface area contributed by atoms with Crippen molar-refractivity contribution in [1.82, 2.24) is 9.88 Å². The number of urea groups is 1. The van der Waals surface area contributed by atoms with E-state index < -0.39 is 29.8 Å². The molecule has 0 radical (unpaired) electrons. The van der Waals surface area contributed by atoms with Crippen LogP contribution < -0.4 is 10.6 Å². The number of aromatic carboxylic acids is 1. The molecular formula is C27H25F3N4O4. The summed E-state index contributed by atoms with van der Waals surface area (Å²) in [6, 6.07) is 12.1. The molecule has 1 unspecified atom stereocenters. The molecule has 1 fully saturated rings. The van der Waals surface area contributed by atoms with Crippen molar-refractivity contribution < 1.29 is 32.7 Å². The van der Waals surface area contributed by atoms with Crippen molar-refractivity contribution in [3.8, 4) is 11.1 Å². The first-order valence-electron chi connectivity index (χ1n) is 11.8. The summed E-state index contributed by atoms with van der Waals surface area (Å²) < 4.78 is 39.0. The van der Waals surface area contributed by atoms with Crippen LogP contribution in [-0.2, 0) is 11.0 Å². The quantitative estimate of drug-likeness (QED) is 0.394. The monoisotopic (exact) mass is 526 g/mol. The van der Waals surface area contributed by atoms with E-state index in [9.17, 15) is 27.6 Å². The summed E-state index contributed by atoms with van der Waals surface area (Å²) in [7, 11) is 0. The largest absolute Gasteiger partial charge is 0.477 e. The molecule has 0 spiro atoms. The number of carboxylic acids is 1. The number of carboxylic acid groups (broad SMARTS) is 1. The zero-order valence-corrected chi connectivity index (χ0v) is 20.6. The highest BCUT2D eigenvalue weighted by atomic mass is 19.4. The highest BCUT2D eigenvalue weighted by Gasteiger charge is 2.35. The van der Waals surface area contributed by atoms with Crippen LogP contribution in [0.25, 0.3) is 11.1 Å². The molecule has 4 rings (SSSR count). The van der Waals surface area contributed by atoms with Crippen molar-refractivity contribution in [3.05, 3.63) is 77.1 Å². The Morgan fingerprint density at radius 2 is 1.66 bits per heavy atom. The first-order chi connectivity index (χ1) is 17.9. The Morgan fingerprint density at radius 3 is 2.26 bits per heavy atom. The molecule has 0 bridgehead atoms. The molecule has 8 nitrogen and oxygen atoms in total. The number of carbonyl (C=O) groups excluding carboxylic acids is 2. The number of halogens is 3. The van der Waals surface area contributed by atoms with Gasteiger partial charge in [0.2, 0.25) is 5.91 Å². The first-order valence-corrected chi connectivity index (χ1v) is 11.8. The molecule has 2 aromatic carbocycles. The molecule has 1 aromatic heterocycles. The van der Waals surface area contributed by atoms with Gasteiger partial charge in [-0.05, 0) is 74.2 Å². The van der Waals surface area contributed by atoms with Crippen LogP contribution in [0.3, 0.4) is 0 Å². The Morgan fingerprint density at radius 1 is 0.974 bits per heavy atom. The maximum absolute atomic E-state index is 13.0. The number of aryl methyl sites for hydroxylation is 2. The number of benzene rings is 2. The second kappa shape index (κ2) is 10.5. The lowest BCUT2D eigenvalue weighted by Gasteiger charge is -2.24. The number of hydrogen-bond acceptors (Lipinski definition) is 4. The average Bonchev–Trinajstić information content (AvgIpc) is 3.34. The third-order valence-electron chi connectivity index (χ3n) is 6.37. The number of rotatable bonds is 5. The highest BCUT2D eigenvalue weighted by Crippen LogP contribution is 2.33. The Kier molecular flexibility index (Phi) is 7.38. The van der Waals surface area contributed by atoms with Gasteiger partial charge in [0.1, 0.15) is 11.7 Å². The van der Waals surface area contributed by atoms with Crippen molar-refractivity contribution in [3.63, 3.8) is 0 Å². The molecule has 0 saturated carbocycles. The molecule has 198 valence electrons. The molecule has 3 aromatic rings. The van der Waals surface area contributed by atoms with Gasteiger partial charge in [0, 0.05) is 29.2 Å². The van der Waals surface area contributed by atoms with E-state index in [4.69, 9.17) is 5.11 Å². The number of amides is 3. The van der Waals surface area contributed by atoms with Crippen molar-refractivity contribution in [1.29, 1.82) is 0 Å². The predicted octanol–water partition coefficient (Wildman–Crippen LogP) is 5.72. The SMILES string of the molecule is Cc1cc(NC(=O)N2CCCC2C(=O)Nc2ccc(-c3ccc(C(=O)O)nc3C)cc2)ccc1C(F)(F)F. The molecule has 38 heavy (non-hydrogen) atoms. The smallest absolute Gasteiger partial charge is 0.416 e. The predicted molar refractivity (Wildman–Crippen MR) is 135 cm³/mol. The summed E-state index contributed by atoms with van der Waals surface area (Å²) in [6.07, 6.45) is -3.43. The molecule has 1 aliphatic heterocycles. The lowest BCUT2D eigenvalue weighted by molar-refractivity contribution is -0.138. The van der Waals surface area contributed by atoms with Crippen LogP contribution in [0.1, 0.15) is 40.2 Å². The highest BCUT2D eigenvalue weighted by molar-refractivity contribution is 5.99. The van der Waals surface area contributed by atoms with Crippen LogP contribution in [-0.4, -0.2) is 45.5 Å².